The van der Waals surface area contributed by atoms with Gasteiger partial charge in [0.05, 0.1) is 4.90 Å². The minimum atomic E-state index is -3.63. The van der Waals surface area contributed by atoms with Gasteiger partial charge >= 0.3 is 0 Å². The molecule has 0 atom stereocenters. The van der Waals surface area contributed by atoms with Crippen molar-refractivity contribution in [2.45, 2.75) is 31.1 Å². The van der Waals surface area contributed by atoms with Crippen molar-refractivity contribution < 1.29 is 18.3 Å². The lowest BCUT2D eigenvalue weighted by Crippen LogP contribution is -2.24. The molecule has 0 spiro atoms. The Labute approximate surface area is 159 Å². The SMILES string of the molecule is CCCCCNS(=O)(=O)c1ccc2c(c1)/C(=C\c1ccc(O)cc1)C(=O)N2. The first kappa shape index (κ1) is 19.1. The molecule has 142 valence electrons. The third kappa shape index (κ3) is 4.37. The number of phenolic OH excluding ortho intramolecular Hbond substituents is 1. The fourth-order valence-corrected chi connectivity index (χ4v) is 3.98. The summed E-state index contributed by atoms with van der Waals surface area (Å²) in [4.78, 5) is 12.4. The quantitative estimate of drug-likeness (QED) is 0.502. The zero-order valence-corrected chi connectivity index (χ0v) is 15.8. The summed E-state index contributed by atoms with van der Waals surface area (Å²) in [5.74, 6) is -0.153. The number of amides is 1. The van der Waals surface area contributed by atoms with Crippen LogP contribution >= 0.6 is 0 Å². The average molecular weight is 386 g/mol. The van der Waals surface area contributed by atoms with Gasteiger partial charge in [0.2, 0.25) is 10.0 Å². The lowest BCUT2D eigenvalue weighted by Gasteiger charge is -2.08. The number of benzene rings is 2. The molecule has 7 heteroatoms. The van der Waals surface area contributed by atoms with E-state index in [9.17, 15) is 18.3 Å². The molecule has 2 aromatic carbocycles. The largest absolute Gasteiger partial charge is 0.508 e. The Morgan fingerprint density at radius 2 is 1.85 bits per heavy atom. The van der Waals surface area contributed by atoms with Crippen LogP contribution in [0.2, 0.25) is 0 Å². The monoisotopic (exact) mass is 386 g/mol. The Morgan fingerprint density at radius 3 is 2.56 bits per heavy atom. The zero-order chi connectivity index (χ0) is 19.4. The normalized spacial score (nSPS) is 15.0. The number of carbonyl (C=O) groups excluding carboxylic acids is 1. The van der Waals surface area contributed by atoms with Crippen LogP contribution in [-0.2, 0) is 14.8 Å². The molecule has 27 heavy (non-hydrogen) atoms. The van der Waals surface area contributed by atoms with Gasteiger partial charge in [-0.15, -0.1) is 0 Å². The van der Waals surface area contributed by atoms with E-state index in [-0.39, 0.29) is 16.6 Å². The number of aromatic hydroxyl groups is 1. The van der Waals surface area contributed by atoms with Gasteiger partial charge in [-0.05, 0) is 48.4 Å². The van der Waals surface area contributed by atoms with E-state index in [0.29, 0.717) is 23.4 Å². The third-order valence-electron chi connectivity index (χ3n) is 4.36. The highest BCUT2D eigenvalue weighted by Crippen LogP contribution is 2.35. The van der Waals surface area contributed by atoms with Gasteiger partial charge in [0.15, 0.2) is 0 Å². The van der Waals surface area contributed by atoms with E-state index in [2.05, 4.69) is 17.0 Å². The molecule has 0 aliphatic carbocycles. The van der Waals surface area contributed by atoms with Crippen LogP contribution in [-0.4, -0.2) is 26.0 Å². The Morgan fingerprint density at radius 1 is 1.11 bits per heavy atom. The predicted molar refractivity (Wildman–Crippen MR) is 106 cm³/mol. The van der Waals surface area contributed by atoms with Crippen molar-refractivity contribution in [3.05, 3.63) is 53.6 Å². The Kier molecular flexibility index (Phi) is 5.62. The average Bonchev–Trinajstić information content (AvgIpc) is 2.95. The van der Waals surface area contributed by atoms with Crippen molar-refractivity contribution in [3.8, 4) is 5.75 Å². The molecule has 6 nitrogen and oxygen atoms in total. The summed E-state index contributed by atoms with van der Waals surface area (Å²) < 4.78 is 27.6. The predicted octanol–water partition coefficient (Wildman–Crippen LogP) is 3.35. The highest BCUT2D eigenvalue weighted by molar-refractivity contribution is 7.89. The van der Waals surface area contributed by atoms with Crippen LogP contribution < -0.4 is 10.0 Å². The van der Waals surface area contributed by atoms with Gasteiger partial charge in [0, 0.05) is 23.4 Å². The van der Waals surface area contributed by atoms with Crippen molar-refractivity contribution >= 4 is 33.3 Å². The minimum absolute atomic E-state index is 0.130. The van der Waals surface area contributed by atoms with E-state index in [0.717, 1.165) is 24.8 Å². The highest BCUT2D eigenvalue weighted by Gasteiger charge is 2.26. The molecule has 0 saturated carbocycles. The number of fused-ring (bicyclic) bond motifs is 1. The number of hydrogen-bond acceptors (Lipinski definition) is 4. The summed E-state index contributed by atoms with van der Waals surface area (Å²) in [6.07, 6.45) is 4.43. The Bertz CT molecular complexity index is 980. The lowest BCUT2D eigenvalue weighted by molar-refractivity contribution is -0.110. The van der Waals surface area contributed by atoms with Gasteiger partial charge < -0.3 is 10.4 Å². The maximum absolute atomic E-state index is 12.5. The van der Waals surface area contributed by atoms with E-state index in [1.807, 2.05) is 0 Å². The van der Waals surface area contributed by atoms with E-state index < -0.39 is 10.0 Å². The standard InChI is InChI=1S/C20H22N2O4S/c1-2-3-4-11-21-27(25,26)16-9-10-19-17(13-16)18(20(24)22-19)12-14-5-7-15(23)8-6-14/h5-10,12-13,21,23H,2-4,11H2,1H3,(H,22,24)/b18-12+. The van der Waals surface area contributed by atoms with Gasteiger partial charge in [-0.2, -0.15) is 0 Å². The van der Waals surface area contributed by atoms with Crippen LogP contribution in [0, 0.1) is 0 Å². The molecule has 3 rings (SSSR count). The van der Waals surface area contributed by atoms with Gasteiger partial charge in [-0.25, -0.2) is 13.1 Å². The number of hydrogen-bond donors (Lipinski definition) is 3. The highest BCUT2D eigenvalue weighted by atomic mass is 32.2. The topological polar surface area (TPSA) is 95.5 Å². The maximum Gasteiger partial charge on any atom is 0.256 e. The van der Waals surface area contributed by atoms with E-state index in [1.54, 1.807) is 24.3 Å². The summed E-state index contributed by atoms with van der Waals surface area (Å²) >= 11 is 0. The lowest BCUT2D eigenvalue weighted by atomic mass is 10.0. The summed E-state index contributed by atoms with van der Waals surface area (Å²) in [6.45, 7) is 2.45. The molecule has 3 N–H and O–H groups in total. The number of carbonyl (C=O) groups is 1. The second-order valence-electron chi connectivity index (χ2n) is 6.42. The minimum Gasteiger partial charge on any atom is -0.508 e. The first-order chi connectivity index (χ1) is 12.9. The molecule has 1 amide bonds. The van der Waals surface area contributed by atoms with Crippen LogP contribution in [0.5, 0.6) is 5.75 Å². The van der Waals surface area contributed by atoms with E-state index in [1.165, 1.54) is 24.3 Å². The van der Waals surface area contributed by atoms with Gasteiger partial charge in [0.25, 0.3) is 5.91 Å². The maximum atomic E-state index is 12.5. The number of rotatable bonds is 7. The third-order valence-corrected chi connectivity index (χ3v) is 5.82. The second-order valence-corrected chi connectivity index (χ2v) is 8.18. The summed E-state index contributed by atoms with van der Waals surface area (Å²) in [7, 11) is -3.63. The van der Waals surface area contributed by atoms with Crippen LogP contribution in [0.15, 0.2) is 47.4 Å². The van der Waals surface area contributed by atoms with E-state index in [4.69, 9.17) is 0 Å². The number of nitrogens with one attached hydrogen (secondary N) is 2. The fourth-order valence-electron chi connectivity index (χ4n) is 2.88. The smallest absolute Gasteiger partial charge is 0.256 e. The van der Waals surface area contributed by atoms with Crippen LogP contribution in [0.4, 0.5) is 5.69 Å². The van der Waals surface area contributed by atoms with E-state index >= 15 is 0 Å². The van der Waals surface area contributed by atoms with Gasteiger partial charge in [-0.1, -0.05) is 31.9 Å². The summed E-state index contributed by atoms with van der Waals surface area (Å²) in [6, 6.07) is 11.0. The summed E-state index contributed by atoms with van der Waals surface area (Å²) in [5.41, 5.74) is 2.25. The van der Waals surface area contributed by atoms with Crippen molar-refractivity contribution in [1.29, 1.82) is 0 Å². The first-order valence-electron chi connectivity index (χ1n) is 8.87. The molecule has 0 saturated heterocycles. The van der Waals surface area contributed by atoms with Gasteiger partial charge in [-0.3, -0.25) is 4.79 Å². The molecular weight excluding hydrogens is 364 g/mol. The molecule has 0 unspecified atom stereocenters. The summed E-state index contributed by atoms with van der Waals surface area (Å²) in [5, 5.41) is 12.1. The van der Waals surface area contributed by atoms with Crippen molar-refractivity contribution in [3.63, 3.8) is 0 Å². The molecule has 0 bridgehead atoms. The molecule has 1 aliphatic heterocycles. The molecule has 2 aromatic rings. The molecule has 0 radical (unpaired) electrons. The van der Waals surface area contributed by atoms with Crippen molar-refractivity contribution in [2.75, 3.05) is 11.9 Å². The van der Waals surface area contributed by atoms with Crippen molar-refractivity contribution in [1.82, 2.24) is 4.72 Å². The molecule has 0 fully saturated rings. The number of anilines is 1. The first-order valence-corrected chi connectivity index (χ1v) is 10.3. The van der Waals surface area contributed by atoms with Crippen molar-refractivity contribution in [2.24, 2.45) is 0 Å². The number of phenols is 1. The van der Waals surface area contributed by atoms with Crippen LogP contribution in [0.3, 0.4) is 0 Å². The van der Waals surface area contributed by atoms with Crippen LogP contribution in [0.1, 0.15) is 37.3 Å². The molecule has 0 aromatic heterocycles. The molecule has 1 heterocycles. The zero-order valence-electron chi connectivity index (χ0n) is 15.0. The Hall–Kier alpha value is -2.64. The number of unbranched alkanes of at least 4 members (excludes halogenated alkanes) is 2. The van der Waals surface area contributed by atoms with Crippen LogP contribution in [0.25, 0.3) is 11.6 Å². The Balaban J connectivity index is 1.90. The molecular formula is C20H22N2O4S. The van der Waals surface area contributed by atoms with Gasteiger partial charge in [0.1, 0.15) is 5.75 Å². The fraction of sp³-hybridized carbons (Fsp3) is 0.250. The number of sulfonamides is 1. The second kappa shape index (κ2) is 7.94. The molecule has 1 aliphatic rings.